The Balaban J connectivity index is 2.04. The summed E-state index contributed by atoms with van der Waals surface area (Å²) in [5.74, 6) is -9.72. The van der Waals surface area contributed by atoms with Crippen LogP contribution in [0.15, 0.2) is 40.9 Å². The molecular formula is C21H21NO8. The van der Waals surface area contributed by atoms with E-state index in [1.807, 2.05) is 0 Å². The Labute approximate surface area is 170 Å². The van der Waals surface area contributed by atoms with Crippen LogP contribution in [0.5, 0.6) is 5.75 Å². The quantitative estimate of drug-likeness (QED) is 0.356. The molecule has 1 amide bonds. The molecule has 0 radical (unpaired) electrons. The van der Waals surface area contributed by atoms with E-state index in [-0.39, 0.29) is 11.3 Å². The van der Waals surface area contributed by atoms with Crippen molar-refractivity contribution in [2.75, 3.05) is 0 Å². The number of hydrogen-bond acceptors (Lipinski definition) is 8. The predicted molar refractivity (Wildman–Crippen MR) is 101 cm³/mol. The maximum atomic E-state index is 13.2. The monoisotopic (exact) mass is 415 g/mol. The van der Waals surface area contributed by atoms with Gasteiger partial charge in [-0.2, -0.15) is 0 Å². The van der Waals surface area contributed by atoms with E-state index in [1.165, 1.54) is 13.0 Å². The number of fused-ring (bicyclic) bond motifs is 3. The van der Waals surface area contributed by atoms with Crippen molar-refractivity contribution in [2.45, 2.75) is 31.5 Å². The van der Waals surface area contributed by atoms with Gasteiger partial charge in [0.25, 0.3) is 5.91 Å². The minimum absolute atomic E-state index is 0.0955. The highest BCUT2D eigenvalue weighted by atomic mass is 16.4. The van der Waals surface area contributed by atoms with Crippen molar-refractivity contribution < 1.29 is 39.9 Å². The van der Waals surface area contributed by atoms with Crippen LogP contribution < -0.4 is 5.73 Å². The van der Waals surface area contributed by atoms with Gasteiger partial charge in [0, 0.05) is 23.3 Å². The van der Waals surface area contributed by atoms with Crippen LogP contribution in [-0.2, 0) is 9.59 Å². The van der Waals surface area contributed by atoms with Gasteiger partial charge in [-0.1, -0.05) is 26.0 Å². The number of aliphatic hydroxyl groups is 4. The second-order valence-corrected chi connectivity index (χ2v) is 8.17. The molecule has 0 heterocycles. The molecule has 0 saturated heterocycles. The summed E-state index contributed by atoms with van der Waals surface area (Å²) in [7, 11) is 0. The lowest BCUT2D eigenvalue weighted by atomic mass is 9.54. The molecule has 0 fully saturated rings. The lowest BCUT2D eigenvalue weighted by Crippen LogP contribution is -2.64. The van der Waals surface area contributed by atoms with Gasteiger partial charge >= 0.3 is 0 Å². The molecule has 0 aromatic heterocycles. The highest BCUT2D eigenvalue weighted by molar-refractivity contribution is 6.24. The molecule has 158 valence electrons. The maximum Gasteiger partial charge on any atom is 0.255 e. The molecule has 5 unspecified atom stereocenters. The van der Waals surface area contributed by atoms with E-state index in [0.29, 0.717) is 5.56 Å². The summed E-state index contributed by atoms with van der Waals surface area (Å²) < 4.78 is 0. The zero-order valence-electron chi connectivity index (χ0n) is 16.2. The van der Waals surface area contributed by atoms with Crippen molar-refractivity contribution >= 4 is 17.5 Å². The summed E-state index contributed by atoms with van der Waals surface area (Å²) in [5.41, 5.74) is 1.40. The fourth-order valence-corrected chi connectivity index (χ4v) is 5.34. The van der Waals surface area contributed by atoms with Crippen LogP contribution in [0.2, 0.25) is 0 Å². The minimum atomic E-state index is -2.83. The Morgan fingerprint density at radius 2 is 1.73 bits per heavy atom. The molecule has 0 aliphatic heterocycles. The van der Waals surface area contributed by atoms with E-state index in [9.17, 15) is 39.9 Å². The molecule has 9 heteroatoms. The van der Waals surface area contributed by atoms with Crippen LogP contribution in [0, 0.1) is 17.8 Å². The Hall–Kier alpha value is -3.17. The van der Waals surface area contributed by atoms with E-state index < -0.39 is 75.5 Å². The van der Waals surface area contributed by atoms with Gasteiger partial charge in [-0.3, -0.25) is 14.4 Å². The third-order valence-corrected chi connectivity index (χ3v) is 6.79. The first-order valence-electron chi connectivity index (χ1n) is 9.44. The third kappa shape index (κ3) is 2.16. The number of benzene rings is 1. The summed E-state index contributed by atoms with van der Waals surface area (Å²) in [6.45, 7) is 3.05. The maximum absolute atomic E-state index is 13.2. The molecule has 30 heavy (non-hydrogen) atoms. The number of rotatable bonds is 1. The van der Waals surface area contributed by atoms with E-state index in [2.05, 4.69) is 0 Å². The zero-order valence-corrected chi connectivity index (χ0v) is 16.2. The fourth-order valence-electron chi connectivity index (χ4n) is 5.34. The second-order valence-electron chi connectivity index (χ2n) is 8.17. The molecule has 6 atom stereocenters. The predicted octanol–water partition coefficient (Wildman–Crippen LogP) is 0.358. The molecule has 0 spiro atoms. The van der Waals surface area contributed by atoms with Gasteiger partial charge in [0.15, 0.2) is 11.4 Å². The molecule has 7 N–H and O–H groups in total. The van der Waals surface area contributed by atoms with Gasteiger partial charge in [0.2, 0.25) is 5.78 Å². The van der Waals surface area contributed by atoms with Crippen molar-refractivity contribution in [2.24, 2.45) is 23.5 Å². The zero-order chi connectivity index (χ0) is 22.3. The van der Waals surface area contributed by atoms with Gasteiger partial charge in [-0.15, -0.1) is 0 Å². The number of hydrogen-bond donors (Lipinski definition) is 6. The van der Waals surface area contributed by atoms with Crippen LogP contribution >= 0.6 is 0 Å². The van der Waals surface area contributed by atoms with Crippen LogP contribution in [0.1, 0.15) is 35.7 Å². The normalized spacial score (nSPS) is 35.7. The minimum Gasteiger partial charge on any atom is -0.511 e. The SMILES string of the molecule is CC1c2cccc(O)c2C(=O)C2=C(O)C3(O)C(=O)C(C(N)=O)=C(O)[C@@H](C)C3C(O)C21. The molecule has 3 aliphatic rings. The number of primary amides is 1. The summed E-state index contributed by atoms with van der Waals surface area (Å²) in [6.07, 6.45) is -1.54. The number of nitrogens with two attached hydrogens (primary N) is 1. The van der Waals surface area contributed by atoms with Crippen LogP contribution in [0.25, 0.3) is 0 Å². The van der Waals surface area contributed by atoms with E-state index in [0.717, 1.165) is 0 Å². The van der Waals surface area contributed by atoms with Crippen molar-refractivity contribution in [3.8, 4) is 5.75 Å². The average Bonchev–Trinajstić information content (AvgIpc) is 2.67. The van der Waals surface area contributed by atoms with Crippen LogP contribution in [0.3, 0.4) is 0 Å². The summed E-state index contributed by atoms with van der Waals surface area (Å²) in [4.78, 5) is 37.9. The van der Waals surface area contributed by atoms with Gasteiger partial charge in [-0.05, 0) is 17.5 Å². The first-order valence-corrected chi connectivity index (χ1v) is 9.44. The number of amides is 1. The number of phenolic OH excluding ortho intramolecular Hbond substituents is 1. The van der Waals surface area contributed by atoms with Crippen molar-refractivity contribution in [3.63, 3.8) is 0 Å². The smallest absolute Gasteiger partial charge is 0.255 e. The standard InChI is InChI=1S/C21H21NO8/c1-6-8-4-3-5-9(23)11(8)16(25)12-10(6)17(26)14-7(2)15(24)13(20(22)29)19(28)21(14,30)18(12)27/h3-7,10,14,17,23-24,26-27,30H,1-2H3,(H2,22,29)/t6?,7-,10?,14?,17?,21?/m0/s1. The third-order valence-electron chi connectivity index (χ3n) is 6.79. The fraction of sp³-hybridized carbons (Fsp3) is 0.381. The Morgan fingerprint density at radius 1 is 1.10 bits per heavy atom. The largest absolute Gasteiger partial charge is 0.511 e. The molecule has 1 aromatic carbocycles. The lowest BCUT2D eigenvalue weighted by Gasteiger charge is -2.52. The molecule has 0 saturated carbocycles. The number of phenols is 1. The number of aromatic hydroxyl groups is 1. The molecular weight excluding hydrogens is 394 g/mol. The van der Waals surface area contributed by atoms with Gasteiger partial charge < -0.3 is 31.3 Å². The van der Waals surface area contributed by atoms with Crippen LogP contribution in [-0.4, -0.2) is 54.7 Å². The highest BCUT2D eigenvalue weighted by Crippen LogP contribution is 2.56. The van der Waals surface area contributed by atoms with Crippen molar-refractivity contribution in [1.29, 1.82) is 0 Å². The number of ketones is 2. The molecule has 1 aromatic rings. The van der Waals surface area contributed by atoms with E-state index in [4.69, 9.17) is 5.73 Å². The summed E-state index contributed by atoms with van der Waals surface area (Å²) >= 11 is 0. The van der Waals surface area contributed by atoms with Crippen molar-refractivity contribution in [1.82, 2.24) is 0 Å². The second kappa shape index (κ2) is 6.16. The number of carbonyl (C=O) groups is 3. The number of aliphatic hydroxyl groups excluding tert-OH is 3. The Morgan fingerprint density at radius 3 is 2.33 bits per heavy atom. The van der Waals surface area contributed by atoms with Gasteiger partial charge in [-0.25, -0.2) is 0 Å². The van der Waals surface area contributed by atoms with E-state index in [1.54, 1.807) is 19.1 Å². The van der Waals surface area contributed by atoms with Crippen molar-refractivity contribution in [3.05, 3.63) is 52.0 Å². The average molecular weight is 415 g/mol. The summed E-state index contributed by atoms with van der Waals surface area (Å²) in [5, 5.41) is 54.0. The first-order chi connectivity index (χ1) is 14.0. The molecule has 9 nitrogen and oxygen atoms in total. The number of carbonyl (C=O) groups excluding carboxylic acids is 3. The number of Topliss-reactive ketones (excluding diaryl/α,β-unsaturated/α-hetero) is 2. The lowest BCUT2D eigenvalue weighted by molar-refractivity contribution is -0.160. The van der Waals surface area contributed by atoms with Gasteiger partial charge in [0.1, 0.15) is 22.8 Å². The first kappa shape index (κ1) is 20.1. The van der Waals surface area contributed by atoms with E-state index >= 15 is 0 Å². The topological polar surface area (TPSA) is 178 Å². The molecule has 3 aliphatic carbocycles. The Kier molecular flexibility index (Phi) is 4.13. The molecule has 0 bridgehead atoms. The van der Waals surface area contributed by atoms with Crippen LogP contribution in [0.4, 0.5) is 0 Å². The van der Waals surface area contributed by atoms with Gasteiger partial charge in [0.05, 0.1) is 11.7 Å². The molecule has 4 rings (SSSR count). The highest BCUT2D eigenvalue weighted by Gasteiger charge is 2.66. The number of allylic oxidation sites excluding steroid dienone is 1. The summed E-state index contributed by atoms with van der Waals surface area (Å²) in [6, 6.07) is 4.44. The Bertz CT molecular complexity index is 1090.